The van der Waals surface area contributed by atoms with Crippen LogP contribution >= 0.6 is 0 Å². The molecule has 1 aromatic rings. The number of carbonyl (C=O) groups excluding carboxylic acids is 2. The van der Waals surface area contributed by atoms with Gasteiger partial charge in [-0.15, -0.1) is 0 Å². The van der Waals surface area contributed by atoms with Gasteiger partial charge in [-0.3, -0.25) is 14.5 Å². The van der Waals surface area contributed by atoms with Crippen molar-refractivity contribution in [1.29, 1.82) is 0 Å². The summed E-state index contributed by atoms with van der Waals surface area (Å²) in [6.45, 7) is 4.40. The third-order valence-corrected chi connectivity index (χ3v) is 7.17. The quantitative estimate of drug-likeness (QED) is 0.646. The number of benzene rings is 1. The number of amides is 2. The third-order valence-electron chi connectivity index (χ3n) is 7.17. The normalized spacial score (nSPS) is 34.3. The molecule has 2 bridgehead atoms. The number of ether oxygens (including phenoxy) is 1. The topological polar surface area (TPSA) is 82.7 Å². The minimum absolute atomic E-state index is 0.0593. The van der Waals surface area contributed by atoms with E-state index in [0.29, 0.717) is 17.5 Å². The van der Waals surface area contributed by atoms with E-state index in [9.17, 15) is 14.0 Å². The van der Waals surface area contributed by atoms with E-state index >= 15 is 0 Å². The summed E-state index contributed by atoms with van der Waals surface area (Å²) >= 11 is 0. The van der Waals surface area contributed by atoms with Crippen LogP contribution in [-0.2, 0) is 9.59 Å². The molecule has 0 aromatic heterocycles. The molecule has 2 amide bonds. The Morgan fingerprint density at radius 1 is 1.23 bits per heavy atom. The molecule has 3 N–H and O–H groups in total. The molecule has 3 saturated carbocycles. The maximum atomic E-state index is 13.6. The number of hydrogen-bond donors (Lipinski definition) is 3. The van der Waals surface area contributed by atoms with E-state index in [-0.39, 0.29) is 41.2 Å². The van der Waals surface area contributed by atoms with Crippen LogP contribution in [0.3, 0.4) is 0 Å². The van der Waals surface area contributed by atoms with Crippen molar-refractivity contribution in [3.05, 3.63) is 29.6 Å². The number of halogens is 1. The Morgan fingerprint density at radius 2 is 2.00 bits per heavy atom. The number of carbonyl (C=O) groups is 2. The summed E-state index contributed by atoms with van der Waals surface area (Å²) in [5.74, 6) is 0.00110. The van der Waals surface area contributed by atoms with Crippen LogP contribution < -0.4 is 20.7 Å². The van der Waals surface area contributed by atoms with Crippen LogP contribution in [0.1, 0.15) is 37.7 Å². The lowest BCUT2D eigenvalue weighted by Gasteiger charge is -2.70. The first kappa shape index (κ1) is 19.8. The SMILES string of the molecule is Cc1ccc(OCC(=O)NC23CC(NC(=O)C4CCC5NCCN5C4)(C2)C3)cc1F. The van der Waals surface area contributed by atoms with Gasteiger partial charge < -0.3 is 20.7 Å². The van der Waals surface area contributed by atoms with Gasteiger partial charge in [0.15, 0.2) is 6.61 Å². The number of piperidine rings is 1. The van der Waals surface area contributed by atoms with E-state index in [4.69, 9.17) is 4.74 Å². The average Bonchev–Trinajstić information content (AvgIpc) is 3.14. The van der Waals surface area contributed by atoms with Gasteiger partial charge in [0.2, 0.25) is 5.91 Å². The van der Waals surface area contributed by atoms with E-state index in [0.717, 1.165) is 51.7 Å². The predicted octanol–water partition coefficient (Wildman–Crippen LogP) is 1.06. The van der Waals surface area contributed by atoms with Gasteiger partial charge in [0.1, 0.15) is 11.6 Å². The van der Waals surface area contributed by atoms with E-state index in [1.165, 1.54) is 6.07 Å². The number of fused-ring (bicyclic) bond motifs is 1. The van der Waals surface area contributed by atoms with Crippen molar-refractivity contribution in [2.75, 3.05) is 26.2 Å². The van der Waals surface area contributed by atoms with Crippen LogP contribution in [0.4, 0.5) is 4.39 Å². The summed E-state index contributed by atoms with van der Waals surface area (Å²) in [4.78, 5) is 27.4. The fourth-order valence-corrected chi connectivity index (χ4v) is 5.67. The molecule has 5 fully saturated rings. The molecule has 2 aliphatic heterocycles. The Hall–Kier alpha value is -2.19. The Bertz CT molecular complexity index is 856. The molecule has 30 heavy (non-hydrogen) atoms. The van der Waals surface area contributed by atoms with Gasteiger partial charge in [-0.25, -0.2) is 4.39 Å². The number of rotatable bonds is 6. The molecule has 3 aliphatic carbocycles. The van der Waals surface area contributed by atoms with Crippen LogP contribution in [0.25, 0.3) is 0 Å². The van der Waals surface area contributed by atoms with E-state index < -0.39 is 0 Å². The number of hydrogen-bond acceptors (Lipinski definition) is 5. The maximum absolute atomic E-state index is 13.6. The first-order valence-electron chi connectivity index (χ1n) is 10.8. The second-order valence-corrected chi connectivity index (χ2v) is 9.57. The Balaban J connectivity index is 1.05. The van der Waals surface area contributed by atoms with E-state index in [2.05, 4.69) is 20.9 Å². The van der Waals surface area contributed by atoms with Crippen LogP contribution in [-0.4, -0.2) is 60.2 Å². The standard InChI is InChI=1S/C22H29FN4O3/c1-14-2-4-16(8-17(14)23)30-10-19(28)25-21-11-22(12-21,13-21)26-20(29)15-3-5-18-24-6-7-27(18)9-15/h2,4,8,15,18,24H,3,5-7,9-13H2,1H3,(H,25,28)(H,26,29). The minimum atomic E-state index is -0.348. The molecular formula is C22H29FN4O3. The number of aryl methyl sites for hydroxylation is 1. The van der Waals surface area contributed by atoms with Gasteiger partial charge in [-0.05, 0) is 50.7 Å². The largest absolute Gasteiger partial charge is 0.484 e. The summed E-state index contributed by atoms with van der Waals surface area (Å²) in [7, 11) is 0. The second-order valence-electron chi connectivity index (χ2n) is 9.57. The van der Waals surface area contributed by atoms with Gasteiger partial charge in [0, 0.05) is 36.8 Å². The molecule has 162 valence electrons. The van der Waals surface area contributed by atoms with Crippen molar-refractivity contribution < 1.29 is 18.7 Å². The zero-order chi connectivity index (χ0) is 20.9. The van der Waals surface area contributed by atoms with Crippen molar-refractivity contribution >= 4 is 11.8 Å². The molecule has 1 aromatic carbocycles. The van der Waals surface area contributed by atoms with E-state index in [1.54, 1.807) is 19.1 Å². The summed E-state index contributed by atoms with van der Waals surface area (Å²) in [5.41, 5.74) is 0.173. The van der Waals surface area contributed by atoms with Crippen LogP contribution in [0.15, 0.2) is 18.2 Å². The summed E-state index contributed by atoms with van der Waals surface area (Å²) in [5, 5.41) is 9.77. The highest BCUT2D eigenvalue weighted by Gasteiger charge is 2.69. The molecular weight excluding hydrogens is 387 g/mol. The lowest BCUT2D eigenvalue weighted by Crippen LogP contribution is -2.84. The molecule has 2 atom stereocenters. The second kappa shape index (κ2) is 7.20. The number of nitrogens with zero attached hydrogens (tertiary/aromatic N) is 1. The van der Waals surface area contributed by atoms with Gasteiger partial charge >= 0.3 is 0 Å². The summed E-state index contributed by atoms with van der Waals surface area (Å²) < 4.78 is 19.0. The van der Waals surface area contributed by atoms with Gasteiger partial charge in [0.05, 0.1) is 12.1 Å². The Labute approximate surface area is 175 Å². The predicted molar refractivity (Wildman–Crippen MR) is 108 cm³/mol. The molecule has 2 saturated heterocycles. The van der Waals surface area contributed by atoms with Crippen LogP contribution in [0.5, 0.6) is 5.75 Å². The van der Waals surface area contributed by atoms with Crippen molar-refractivity contribution in [2.45, 2.75) is 56.3 Å². The van der Waals surface area contributed by atoms with Crippen molar-refractivity contribution in [1.82, 2.24) is 20.9 Å². The summed E-state index contributed by atoms with van der Waals surface area (Å²) in [6.07, 6.45) is 4.72. The fraction of sp³-hybridized carbons (Fsp3) is 0.636. The van der Waals surface area contributed by atoms with Crippen molar-refractivity contribution in [3.63, 3.8) is 0 Å². The highest BCUT2D eigenvalue weighted by atomic mass is 19.1. The van der Waals surface area contributed by atoms with Gasteiger partial charge in [-0.2, -0.15) is 0 Å². The minimum Gasteiger partial charge on any atom is -0.484 e. The van der Waals surface area contributed by atoms with Crippen molar-refractivity contribution in [3.8, 4) is 5.75 Å². The molecule has 7 nitrogen and oxygen atoms in total. The zero-order valence-corrected chi connectivity index (χ0v) is 17.3. The summed E-state index contributed by atoms with van der Waals surface area (Å²) in [6, 6.07) is 4.57. The fourth-order valence-electron chi connectivity index (χ4n) is 5.67. The van der Waals surface area contributed by atoms with Gasteiger partial charge in [-0.1, -0.05) is 6.07 Å². The molecule has 0 spiro atoms. The first-order chi connectivity index (χ1) is 14.4. The number of nitrogens with one attached hydrogen (secondary N) is 3. The molecule has 0 radical (unpaired) electrons. The van der Waals surface area contributed by atoms with Crippen LogP contribution in [0, 0.1) is 18.7 Å². The maximum Gasteiger partial charge on any atom is 0.258 e. The molecule has 2 unspecified atom stereocenters. The molecule has 6 rings (SSSR count). The molecule has 5 aliphatic rings. The lowest BCUT2D eigenvalue weighted by molar-refractivity contribution is -0.153. The first-order valence-corrected chi connectivity index (χ1v) is 10.8. The highest BCUT2D eigenvalue weighted by molar-refractivity contribution is 5.82. The van der Waals surface area contributed by atoms with E-state index in [1.807, 2.05) is 0 Å². The third kappa shape index (κ3) is 3.56. The molecule has 8 heteroatoms. The average molecular weight is 416 g/mol. The Kier molecular flexibility index (Phi) is 4.74. The smallest absolute Gasteiger partial charge is 0.258 e. The monoisotopic (exact) mass is 416 g/mol. The Morgan fingerprint density at radius 3 is 2.77 bits per heavy atom. The highest BCUT2D eigenvalue weighted by Crippen LogP contribution is 2.60. The lowest BCUT2D eigenvalue weighted by atomic mass is 9.44. The molecule has 2 heterocycles. The zero-order valence-electron chi connectivity index (χ0n) is 17.3. The van der Waals surface area contributed by atoms with Crippen molar-refractivity contribution in [2.24, 2.45) is 5.92 Å². The van der Waals surface area contributed by atoms with Gasteiger partial charge in [0.25, 0.3) is 5.91 Å². The van der Waals surface area contributed by atoms with Crippen LogP contribution in [0.2, 0.25) is 0 Å².